The fourth-order valence-electron chi connectivity index (χ4n) is 3.90. The molecule has 0 aromatic rings. The fourth-order valence-corrected chi connectivity index (χ4v) is 3.90. The Labute approximate surface area is 135 Å². The molecule has 0 bridgehead atoms. The first-order chi connectivity index (χ1) is 10.2. The summed E-state index contributed by atoms with van der Waals surface area (Å²) in [7, 11) is 4.28. The topological polar surface area (TPSA) is 44.8 Å². The van der Waals surface area contributed by atoms with Crippen LogP contribution in [-0.2, 0) is 4.74 Å². The molecule has 2 atom stereocenters. The molecular weight excluding hydrogens is 278 g/mol. The lowest BCUT2D eigenvalue weighted by Crippen LogP contribution is -2.59. The molecule has 1 saturated carbocycles. The number of urea groups is 1. The van der Waals surface area contributed by atoms with E-state index in [2.05, 4.69) is 31.2 Å². The molecule has 2 rings (SSSR count). The SMILES string of the molecule is CC1CCCC(CNC(=O)N2CCOC(C)(C)C2)(N(C)C)C1. The highest BCUT2D eigenvalue weighted by Gasteiger charge is 2.38. The van der Waals surface area contributed by atoms with Crippen molar-refractivity contribution in [2.45, 2.75) is 57.6 Å². The molecule has 2 amide bonds. The summed E-state index contributed by atoms with van der Waals surface area (Å²) < 4.78 is 5.68. The third-order valence-corrected chi connectivity index (χ3v) is 5.30. The zero-order chi connectivity index (χ0) is 16.4. The molecule has 1 saturated heterocycles. The van der Waals surface area contributed by atoms with Gasteiger partial charge >= 0.3 is 6.03 Å². The summed E-state index contributed by atoms with van der Waals surface area (Å²) in [6.07, 6.45) is 4.88. The molecule has 2 fully saturated rings. The molecule has 2 aliphatic rings. The number of ether oxygens (including phenoxy) is 1. The second-order valence-electron chi connectivity index (χ2n) is 8.01. The first kappa shape index (κ1) is 17.5. The number of likely N-dealkylation sites (N-methyl/N-ethyl adjacent to an activating group) is 1. The van der Waals surface area contributed by atoms with E-state index < -0.39 is 0 Å². The zero-order valence-electron chi connectivity index (χ0n) is 14.9. The minimum Gasteiger partial charge on any atom is -0.372 e. The van der Waals surface area contributed by atoms with Crippen molar-refractivity contribution in [2.24, 2.45) is 5.92 Å². The van der Waals surface area contributed by atoms with E-state index >= 15 is 0 Å². The second kappa shape index (κ2) is 6.75. The quantitative estimate of drug-likeness (QED) is 0.870. The molecule has 0 spiro atoms. The van der Waals surface area contributed by atoms with Gasteiger partial charge in [-0.25, -0.2) is 4.79 Å². The van der Waals surface area contributed by atoms with Gasteiger partial charge < -0.3 is 19.9 Å². The Bertz CT molecular complexity index is 397. The van der Waals surface area contributed by atoms with Crippen molar-refractivity contribution in [3.63, 3.8) is 0 Å². The normalized spacial score (nSPS) is 32.1. The van der Waals surface area contributed by atoms with Gasteiger partial charge in [0, 0.05) is 18.6 Å². The molecule has 0 aromatic carbocycles. The number of nitrogens with one attached hydrogen (secondary N) is 1. The van der Waals surface area contributed by atoms with Crippen LogP contribution in [0.25, 0.3) is 0 Å². The molecule has 128 valence electrons. The number of hydrogen-bond acceptors (Lipinski definition) is 3. The summed E-state index contributed by atoms with van der Waals surface area (Å²) in [5, 5.41) is 3.19. The number of rotatable bonds is 3. The highest BCUT2D eigenvalue weighted by molar-refractivity contribution is 5.74. The minimum atomic E-state index is -0.242. The van der Waals surface area contributed by atoms with Gasteiger partial charge in [0.1, 0.15) is 0 Å². The molecule has 5 heteroatoms. The minimum absolute atomic E-state index is 0.0517. The Morgan fingerprint density at radius 3 is 2.73 bits per heavy atom. The lowest BCUT2D eigenvalue weighted by Gasteiger charge is -2.46. The van der Waals surface area contributed by atoms with E-state index in [4.69, 9.17) is 4.74 Å². The van der Waals surface area contributed by atoms with Crippen molar-refractivity contribution in [1.82, 2.24) is 15.1 Å². The number of amides is 2. The van der Waals surface area contributed by atoms with Gasteiger partial charge in [-0.2, -0.15) is 0 Å². The van der Waals surface area contributed by atoms with Gasteiger partial charge in [-0.15, -0.1) is 0 Å². The lowest BCUT2D eigenvalue weighted by molar-refractivity contribution is -0.0736. The smallest absolute Gasteiger partial charge is 0.317 e. The van der Waals surface area contributed by atoms with E-state index in [1.54, 1.807) is 0 Å². The molecule has 0 radical (unpaired) electrons. The maximum atomic E-state index is 12.5. The number of hydrogen-bond donors (Lipinski definition) is 1. The number of carbonyl (C=O) groups excluding carboxylic acids is 1. The number of nitrogens with zero attached hydrogens (tertiary/aromatic N) is 2. The number of carbonyl (C=O) groups is 1. The Kier molecular flexibility index (Phi) is 5.38. The van der Waals surface area contributed by atoms with E-state index in [1.807, 2.05) is 18.7 Å². The van der Waals surface area contributed by atoms with Gasteiger partial charge in [-0.1, -0.05) is 19.8 Å². The summed E-state index contributed by atoms with van der Waals surface area (Å²) in [6.45, 7) is 9.10. The molecule has 1 heterocycles. The Morgan fingerprint density at radius 2 is 2.14 bits per heavy atom. The fraction of sp³-hybridized carbons (Fsp3) is 0.941. The molecule has 22 heavy (non-hydrogen) atoms. The van der Waals surface area contributed by atoms with Crippen molar-refractivity contribution in [3.8, 4) is 0 Å². The highest BCUT2D eigenvalue weighted by atomic mass is 16.5. The first-order valence-corrected chi connectivity index (χ1v) is 8.58. The van der Waals surface area contributed by atoms with Gasteiger partial charge in [-0.05, 0) is 46.7 Å². The summed E-state index contributed by atoms with van der Waals surface area (Å²) in [6, 6.07) is 0.0517. The van der Waals surface area contributed by atoms with Crippen molar-refractivity contribution in [1.29, 1.82) is 0 Å². The van der Waals surface area contributed by atoms with E-state index in [-0.39, 0.29) is 17.2 Å². The molecule has 2 unspecified atom stereocenters. The van der Waals surface area contributed by atoms with Crippen LogP contribution in [0, 0.1) is 5.92 Å². The van der Waals surface area contributed by atoms with E-state index in [1.165, 1.54) is 19.3 Å². The van der Waals surface area contributed by atoms with E-state index in [0.29, 0.717) is 19.7 Å². The lowest BCUT2D eigenvalue weighted by atomic mass is 9.75. The molecular formula is C17H33N3O2. The van der Waals surface area contributed by atoms with Gasteiger partial charge in [0.25, 0.3) is 0 Å². The maximum absolute atomic E-state index is 12.5. The van der Waals surface area contributed by atoms with Gasteiger partial charge in [-0.3, -0.25) is 0 Å². The average molecular weight is 311 g/mol. The van der Waals surface area contributed by atoms with Crippen LogP contribution in [0.3, 0.4) is 0 Å². The van der Waals surface area contributed by atoms with E-state index in [0.717, 1.165) is 18.9 Å². The molecule has 0 aromatic heterocycles. The Morgan fingerprint density at radius 1 is 1.41 bits per heavy atom. The highest BCUT2D eigenvalue weighted by Crippen LogP contribution is 2.35. The first-order valence-electron chi connectivity index (χ1n) is 8.58. The predicted molar refractivity (Wildman–Crippen MR) is 89.1 cm³/mol. The monoisotopic (exact) mass is 311 g/mol. The second-order valence-corrected chi connectivity index (χ2v) is 8.01. The van der Waals surface area contributed by atoms with Gasteiger partial charge in [0.2, 0.25) is 0 Å². The molecule has 1 aliphatic carbocycles. The van der Waals surface area contributed by atoms with Crippen LogP contribution in [0.15, 0.2) is 0 Å². The van der Waals surface area contributed by atoms with E-state index in [9.17, 15) is 4.79 Å². The molecule has 1 aliphatic heterocycles. The van der Waals surface area contributed by atoms with Crippen molar-refractivity contribution in [2.75, 3.05) is 40.3 Å². The van der Waals surface area contributed by atoms with Crippen molar-refractivity contribution >= 4 is 6.03 Å². The van der Waals surface area contributed by atoms with Crippen LogP contribution in [0.4, 0.5) is 4.79 Å². The largest absolute Gasteiger partial charge is 0.372 e. The third kappa shape index (κ3) is 4.13. The zero-order valence-corrected chi connectivity index (χ0v) is 14.9. The van der Waals surface area contributed by atoms with Crippen LogP contribution >= 0.6 is 0 Å². The Balaban J connectivity index is 1.93. The number of morpholine rings is 1. The van der Waals surface area contributed by atoms with Crippen LogP contribution in [0.1, 0.15) is 46.5 Å². The summed E-state index contributed by atoms with van der Waals surface area (Å²) >= 11 is 0. The third-order valence-electron chi connectivity index (χ3n) is 5.30. The van der Waals surface area contributed by atoms with Crippen LogP contribution in [0.5, 0.6) is 0 Å². The standard InChI is InChI=1S/C17H33N3O2/c1-14-7-6-8-17(11-14,19(4)5)12-18-15(21)20-9-10-22-16(2,3)13-20/h14H,6-13H2,1-5H3,(H,18,21). The summed E-state index contributed by atoms with van der Waals surface area (Å²) in [5.74, 6) is 0.732. The molecule has 5 nitrogen and oxygen atoms in total. The van der Waals surface area contributed by atoms with Crippen molar-refractivity contribution in [3.05, 3.63) is 0 Å². The van der Waals surface area contributed by atoms with Gasteiger partial charge in [0.15, 0.2) is 0 Å². The van der Waals surface area contributed by atoms with Gasteiger partial charge in [0.05, 0.1) is 18.8 Å². The summed E-state index contributed by atoms with van der Waals surface area (Å²) in [4.78, 5) is 16.7. The summed E-state index contributed by atoms with van der Waals surface area (Å²) in [5.41, 5.74) is -0.136. The van der Waals surface area contributed by atoms with Crippen molar-refractivity contribution < 1.29 is 9.53 Å². The van der Waals surface area contributed by atoms with Crippen LogP contribution < -0.4 is 5.32 Å². The maximum Gasteiger partial charge on any atom is 0.317 e. The predicted octanol–water partition coefficient (Wildman–Crippen LogP) is 2.32. The average Bonchev–Trinajstić information content (AvgIpc) is 2.43. The van der Waals surface area contributed by atoms with Crippen LogP contribution in [0.2, 0.25) is 0 Å². The van der Waals surface area contributed by atoms with Crippen LogP contribution in [-0.4, -0.2) is 67.3 Å². The molecule has 1 N–H and O–H groups in total. The Hall–Kier alpha value is -0.810.